The van der Waals surface area contributed by atoms with Crippen molar-refractivity contribution in [3.63, 3.8) is 0 Å². The van der Waals surface area contributed by atoms with E-state index in [4.69, 9.17) is 0 Å². The first-order chi connectivity index (χ1) is 9.60. The summed E-state index contributed by atoms with van der Waals surface area (Å²) in [5.41, 5.74) is 6.45. The van der Waals surface area contributed by atoms with Gasteiger partial charge in [-0.2, -0.15) is 11.8 Å². The Bertz CT molecular complexity index is 532. The predicted molar refractivity (Wildman–Crippen MR) is 90.3 cm³/mol. The van der Waals surface area contributed by atoms with Gasteiger partial charge in [-0.15, -0.1) is 0 Å². The molecular weight excluding hydrogens is 262 g/mol. The highest BCUT2D eigenvalue weighted by Gasteiger charge is 2.38. The Morgan fingerprint density at radius 1 is 1.30 bits per heavy atom. The van der Waals surface area contributed by atoms with Crippen molar-refractivity contribution >= 4 is 17.3 Å². The number of fused-ring (bicyclic) bond motifs is 2. The van der Waals surface area contributed by atoms with Crippen LogP contribution in [0.4, 0.5) is 0 Å². The maximum absolute atomic E-state index is 3.58. The molecule has 1 aliphatic carbocycles. The van der Waals surface area contributed by atoms with Crippen molar-refractivity contribution < 1.29 is 0 Å². The molecule has 1 aromatic rings. The Hall–Kier alpha value is -0.730. The van der Waals surface area contributed by atoms with Gasteiger partial charge in [0.25, 0.3) is 0 Å². The number of nitrogens with one attached hydrogen (secondary N) is 1. The largest absolute Gasteiger partial charge is 0.314 e. The van der Waals surface area contributed by atoms with Crippen LogP contribution >= 0.6 is 11.8 Å². The fraction of sp³-hybridized carbons (Fsp3) is 0.556. The van der Waals surface area contributed by atoms with E-state index in [2.05, 4.69) is 62.1 Å². The molecule has 0 spiro atoms. The van der Waals surface area contributed by atoms with Crippen LogP contribution in [0, 0.1) is 0 Å². The zero-order chi connectivity index (χ0) is 14.2. The monoisotopic (exact) mass is 287 g/mol. The molecule has 20 heavy (non-hydrogen) atoms. The summed E-state index contributed by atoms with van der Waals surface area (Å²) in [7, 11) is 0. The third-order valence-electron chi connectivity index (χ3n) is 4.64. The number of hydrogen-bond acceptors (Lipinski definition) is 2. The van der Waals surface area contributed by atoms with Crippen molar-refractivity contribution in [3.05, 3.63) is 41.0 Å². The summed E-state index contributed by atoms with van der Waals surface area (Å²) >= 11 is 2.17. The number of rotatable bonds is 4. The minimum atomic E-state index is 0.328. The molecule has 0 radical (unpaired) electrons. The van der Waals surface area contributed by atoms with Crippen LogP contribution in [0.2, 0.25) is 0 Å². The van der Waals surface area contributed by atoms with Crippen LogP contribution in [0.5, 0.6) is 0 Å². The highest BCUT2D eigenvalue weighted by molar-refractivity contribution is 8.00. The molecule has 0 aromatic heterocycles. The zero-order valence-electron chi connectivity index (χ0n) is 12.8. The molecule has 1 nitrogen and oxygen atoms in total. The van der Waals surface area contributed by atoms with Crippen LogP contribution in [0.15, 0.2) is 29.8 Å². The lowest BCUT2D eigenvalue weighted by molar-refractivity contribution is 0.533. The Kier molecular flexibility index (Phi) is 3.96. The predicted octanol–water partition coefficient (Wildman–Crippen LogP) is 4.28. The maximum Gasteiger partial charge on any atom is 0.0361 e. The second kappa shape index (κ2) is 5.57. The molecule has 0 fully saturated rings. The third-order valence-corrected chi connectivity index (χ3v) is 6.14. The van der Waals surface area contributed by atoms with E-state index >= 15 is 0 Å². The lowest BCUT2D eigenvalue weighted by atomic mass is 9.90. The molecule has 0 amide bonds. The van der Waals surface area contributed by atoms with Gasteiger partial charge in [0.1, 0.15) is 0 Å². The molecule has 1 atom stereocenters. The van der Waals surface area contributed by atoms with Gasteiger partial charge in [0.05, 0.1) is 0 Å². The third kappa shape index (κ3) is 2.56. The van der Waals surface area contributed by atoms with Crippen LogP contribution in [0.25, 0.3) is 5.57 Å². The van der Waals surface area contributed by atoms with Gasteiger partial charge in [-0.3, -0.25) is 0 Å². The summed E-state index contributed by atoms with van der Waals surface area (Å²) in [5.74, 6) is 1.27. The molecule has 3 rings (SSSR count). The average molecular weight is 287 g/mol. The van der Waals surface area contributed by atoms with Gasteiger partial charge in [0.15, 0.2) is 0 Å². The Morgan fingerprint density at radius 2 is 2.10 bits per heavy atom. The number of allylic oxidation sites excluding steroid dienone is 1. The highest BCUT2D eigenvalue weighted by Crippen LogP contribution is 2.51. The molecule has 2 heteroatoms. The smallest absolute Gasteiger partial charge is 0.0361 e. The second-order valence-electron chi connectivity index (χ2n) is 6.48. The van der Waals surface area contributed by atoms with Gasteiger partial charge in [-0.05, 0) is 60.8 Å². The summed E-state index contributed by atoms with van der Waals surface area (Å²) < 4.78 is 0.328. The summed E-state index contributed by atoms with van der Waals surface area (Å²) in [6.45, 7) is 8.03. The van der Waals surface area contributed by atoms with Gasteiger partial charge in [0.2, 0.25) is 0 Å². The van der Waals surface area contributed by atoms with Crippen molar-refractivity contribution in [1.82, 2.24) is 5.32 Å². The van der Waals surface area contributed by atoms with Crippen LogP contribution in [0.3, 0.4) is 0 Å². The van der Waals surface area contributed by atoms with Crippen molar-refractivity contribution in [1.29, 1.82) is 0 Å². The molecule has 108 valence electrons. The van der Waals surface area contributed by atoms with E-state index in [-0.39, 0.29) is 0 Å². The van der Waals surface area contributed by atoms with Gasteiger partial charge >= 0.3 is 0 Å². The van der Waals surface area contributed by atoms with E-state index in [9.17, 15) is 0 Å². The zero-order valence-corrected chi connectivity index (χ0v) is 13.6. The first kappa shape index (κ1) is 14.2. The van der Waals surface area contributed by atoms with Gasteiger partial charge in [0, 0.05) is 10.8 Å². The SMILES string of the molecule is CC(C)NCCC1(C)SCCC2=C1Cc1ccccc12. The summed E-state index contributed by atoms with van der Waals surface area (Å²) in [4.78, 5) is 0. The van der Waals surface area contributed by atoms with E-state index in [1.165, 1.54) is 30.6 Å². The normalized spacial score (nSPS) is 25.0. The summed E-state index contributed by atoms with van der Waals surface area (Å²) in [6, 6.07) is 9.59. The number of benzene rings is 1. The van der Waals surface area contributed by atoms with Crippen LogP contribution < -0.4 is 5.32 Å². The molecule has 1 N–H and O–H groups in total. The van der Waals surface area contributed by atoms with Crippen LogP contribution in [-0.2, 0) is 6.42 Å². The Labute approximate surface area is 127 Å². The molecule has 1 aromatic carbocycles. The van der Waals surface area contributed by atoms with E-state index in [1.54, 1.807) is 16.7 Å². The van der Waals surface area contributed by atoms with Crippen LogP contribution in [0.1, 0.15) is 44.7 Å². The molecule has 1 unspecified atom stereocenters. The lowest BCUT2D eigenvalue weighted by Crippen LogP contribution is -2.34. The molecule has 0 saturated carbocycles. The van der Waals surface area contributed by atoms with Crippen LogP contribution in [-0.4, -0.2) is 23.1 Å². The lowest BCUT2D eigenvalue weighted by Gasteiger charge is -2.36. The number of hydrogen-bond donors (Lipinski definition) is 1. The average Bonchev–Trinajstić information content (AvgIpc) is 2.79. The second-order valence-corrected chi connectivity index (χ2v) is 8.08. The standard InChI is InChI=1S/C18H25NS/c1-13(2)19-10-9-18(3)17-12-14-6-4-5-7-15(14)16(17)8-11-20-18/h4-7,13,19H,8-12H2,1-3H3. The summed E-state index contributed by atoms with van der Waals surface area (Å²) in [6.07, 6.45) is 3.67. The quantitative estimate of drug-likeness (QED) is 0.887. The van der Waals surface area contributed by atoms with Gasteiger partial charge in [-0.25, -0.2) is 0 Å². The summed E-state index contributed by atoms with van der Waals surface area (Å²) in [5, 5.41) is 3.58. The van der Waals surface area contributed by atoms with Crippen molar-refractivity contribution in [3.8, 4) is 0 Å². The Morgan fingerprint density at radius 3 is 2.90 bits per heavy atom. The van der Waals surface area contributed by atoms with Gasteiger partial charge < -0.3 is 5.32 Å². The molecule has 0 bridgehead atoms. The Balaban J connectivity index is 1.83. The van der Waals surface area contributed by atoms with Gasteiger partial charge in [-0.1, -0.05) is 38.1 Å². The molecule has 1 heterocycles. The number of thioether (sulfide) groups is 1. The van der Waals surface area contributed by atoms with E-state index in [0.717, 1.165) is 6.54 Å². The minimum Gasteiger partial charge on any atom is -0.314 e. The van der Waals surface area contributed by atoms with Crippen molar-refractivity contribution in [2.24, 2.45) is 0 Å². The fourth-order valence-corrected chi connectivity index (χ4v) is 4.88. The molecular formula is C18H25NS. The highest BCUT2D eigenvalue weighted by atomic mass is 32.2. The first-order valence-electron chi connectivity index (χ1n) is 7.78. The minimum absolute atomic E-state index is 0.328. The maximum atomic E-state index is 3.58. The fourth-order valence-electron chi connectivity index (χ4n) is 3.51. The molecule has 2 aliphatic rings. The van der Waals surface area contributed by atoms with Crippen molar-refractivity contribution in [2.45, 2.75) is 50.8 Å². The van der Waals surface area contributed by atoms with Crippen molar-refractivity contribution in [2.75, 3.05) is 12.3 Å². The first-order valence-corrected chi connectivity index (χ1v) is 8.77. The molecule has 0 saturated heterocycles. The molecule has 1 aliphatic heterocycles. The topological polar surface area (TPSA) is 12.0 Å². The van der Waals surface area contributed by atoms with E-state index in [1.807, 2.05) is 0 Å². The van der Waals surface area contributed by atoms with E-state index < -0.39 is 0 Å². The van der Waals surface area contributed by atoms with E-state index in [0.29, 0.717) is 10.8 Å².